The number of morpholine rings is 1. The Morgan fingerprint density at radius 3 is 2.78 bits per heavy atom. The SMILES string of the molecule is O=C(O)/C=C/c1ccc(Br)cc1N1CCOCC1. The highest BCUT2D eigenvalue weighted by Crippen LogP contribution is 2.27. The summed E-state index contributed by atoms with van der Waals surface area (Å²) in [5.41, 5.74) is 1.94. The molecular formula is C13H14BrNO3. The Labute approximate surface area is 114 Å². The van der Waals surface area contributed by atoms with Crippen molar-refractivity contribution in [3.63, 3.8) is 0 Å². The quantitative estimate of drug-likeness (QED) is 0.871. The topological polar surface area (TPSA) is 49.8 Å². The van der Waals surface area contributed by atoms with Crippen molar-refractivity contribution in [3.8, 4) is 0 Å². The molecule has 0 unspecified atom stereocenters. The lowest BCUT2D eigenvalue weighted by Gasteiger charge is -2.30. The van der Waals surface area contributed by atoms with Crippen molar-refractivity contribution in [2.24, 2.45) is 0 Å². The molecule has 1 heterocycles. The van der Waals surface area contributed by atoms with E-state index < -0.39 is 5.97 Å². The third-order valence-electron chi connectivity index (χ3n) is 2.75. The van der Waals surface area contributed by atoms with Gasteiger partial charge in [-0.1, -0.05) is 22.0 Å². The maximum atomic E-state index is 10.6. The van der Waals surface area contributed by atoms with E-state index in [2.05, 4.69) is 20.8 Å². The molecule has 1 aliphatic heterocycles. The standard InChI is InChI=1S/C13H14BrNO3/c14-11-3-1-10(2-4-13(16)17)12(9-11)15-5-7-18-8-6-15/h1-4,9H,5-8H2,(H,16,17)/b4-2+. The van der Waals surface area contributed by atoms with Gasteiger partial charge in [-0.05, 0) is 23.8 Å². The fourth-order valence-corrected chi connectivity index (χ4v) is 2.25. The number of halogens is 1. The van der Waals surface area contributed by atoms with Gasteiger partial charge in [-0.3, -0.25) is 0 Å². The van der Waals surface area contributed by atoms with Crippen LogP contribution in [0.15, 0.2) is 28.7 Å². The molecule has 0 aliphatic carbocycles. The second-order valence-corrected chi connectivity index (χ2v) is 4.89. The molecule has 1 saturated heterocycles. The Morgan fingerprint density at radius 1 is 1.39 bits per heavy atom. The number of carbonyl (C=O) groups is 1. The van der Waals surface area contributed by atoms with Gasteiger partial charge in [0.15, 0.2) is 0 Å². The van der Waals surface area contributed by atoms with Gasteiger partial charge in [-0.15, -0.1) is 0 Å². The molecule has 1 N–H and O–H groups in total. The van der Waals surface area contributed by atoms with Crippen LogP contribution < -0.4 is 4.90 Å². The molecule has 1 fully saturated rings. The molecule has 2 rings (SSSR count). The zero-order valence-electron chi connectivity index (χ0n) is 9.80. The summed E-state index contributed by atoms with van der Waals surface area (Å²) in [4.78, 5) is 12.8. The van der Waals surface area contributed by atoms with Crippen LogP contribution in [0.2, 0.25) is 0 Å². The van der Waals surface area contributed by atoms with Crippen LogP contribution in [0.5, 0.6) is 0 Å². The van der Waals surface area contributed by atoms with Crippen molar-refractivity contribution in [2.45, 2.75) is 0 Å². The first-order valence-corrected chi connectivity index (χ1v) is 6.49. The number of hydrogen-bond donors (Lipinski definition) is 1. The van der Waals surface area contributed by atoms with Crippen molar-refractivity contribution in [1.29, 1.82) is 0 Å². The van der Waals surface area contributed by atoms with Crippen molar-refractivity contribution >= 4 is 33.7 Å². The van der Waals surface area contributed by atoms with Gasteiger partial charge < -0.3 is 14.7 Å². The van der Waals surface area contributed by atoms with E-state index in [1.807, 2.05) is 18.2 Å². The van der Waals surface area contributed by atoms with E-state index in [0.29, 0.717) is 13.2 Å². The molecule has 0 spiro atoms. The molecule has 0 bridgehead atoms. The molecule has 0 radical (unpaired) electrons. The maximum Gasteiger partial charge on any atom is 0.328 e. The normalized spacial score (nSPS) is 16.2. The Bertz CT molecular complexity index is 467. The predicted molar refractivity (Wildman–Crippen MR) is 73.8 cm³/mol. The van der Waals surface area contributed by atoms with Crippen LogP contribution in [0.4, 0.5) is 5.69 Å². The highest BCUT2D eigenvalue weighted by Gasteiger charge is 2.14. The second kappa shape index (κ2) is 6.02. The smallest absolute Gasteiger partial charge is 0.328 e. The minimum absolute atomic E-state index is 0.703. The van der Waals surface area contributed by atoms with E-state index in [1.54, 1.807) is 6.08 Å². The van der Waals surface area contributed by atoms with Crippen LogP contribution >= 0.6 is 15.9 Å². The number of aliphatic carboxylic acids is 1. The molecule has 18 heavy (non-hydrogen) atoms. The fourth-order valence-electron chi connectivity index (χ4n) is 1.90. The summed E-state index contributed by atoms with van der Waals surface area (Å²) in [5.74, 6) is -0.939. The van der Waals surface area contributed by atoms with Crippen LogP contribution in [0.3, 0.4) is 0 Å². The number of anilines is 1. The number of hydrogen-bond acceptors (Lipinski definition) is 3. The summed E-state index contributed by atoms with van der Waals surface area (Å²) in [7, 11) is 0. The van der Waals surface area contributed by atoms with Gasteiger partial charge in [-0.25, -0.2) is 4.79 Å². The molecule has 5 heteroatoms. The van der Waals surface area contributed by atoms with Gasteiger partial charge in [0.05, 0.1) is 13.2 Å². The van der Waals surface area contributed by atoms with Crippen LogP contribution in [0.25, 0.3) is 6.08 Å². The van der Waals surface area contributed by atoms with E-state index in [9.17, 15) is 4.79 Å². The molecule has 96 valence electrons. The zero-order chi connectivity index (χ0) is 13.0. The first-order valence-electron chi connectivity index (χ1n) is 5.70. The van der Waals surface area contributed by atoms with Gasteiger partial charge in [0, 0.05) is 29.3 Å². The van der Waals surface area contributed by atoms with Gasteiger partial charge in [0.1, 0.15) is 0 Å². The molecule has 1 aromatic carbocycles. The first kappa shape index (κ1) is 13.1. The van der Waals surface area contributed by atoms with Crippen LogP contribution in [-0.4, -0.2) is 37.4 Å². The number of carboxylic acid groups (broad SMARTS) is 1. The van der Waals surface area contributed by atoms with E-state index in [4.69, 9.17) is 9.84 Å². The Kier molecular flexibility index (Phi) is 4.38. The maximum absolute atomic E-state index is 10.6. The van der Waals surface area contributed by atoms with Crippen molar-refractivity contribution in [2.75, 3.05) is 31.2 Å². The molecule has 0 amide bonds. The van der Waals surface area contributed by atoms with E-state index in [0.717, 1.165) is 34.9 Å². The highest BCUT2D eigenvalue weighted by molar-refractivity contribution is 9.10. The summed E-state index contributed by atoms with van der Waals surface area (Å²) in [6, 6.07) is 5.83. The fraction of sp³-hybridized carbons (Fsp3) is 0.308. The molecule has 4 nitrogen and oxygen atoms in total. The Balaban J connectivity index is 2.30. The summed E-state index contributed by atoms with van der Waals surface area (Å²) in [6.07, 6.45) is 2.78. The lowest BCUT2D eigenvalue weighted by Crippen LogP contribution is -2.36. The number of rotatable bonds is 3. The van der Waals surface area contributed by atoms with Crippen LogP contribution in [-0.2, 0) is 9.53 Å². The molecule has 0 atom stereocenters. The van der Waals surface area contributed by atoms with Crippen LogP contribution in [0.1, 0.15) is 5.56 Å². The lowest BCUT2D eigenvalue weighted by atomic mass is 10.1. The first-order chi connectivity index (χ1) is 8.66. The van der Waals surface area contributed by atoms with Crippen molar-refractivity contribution < 1.29 is 14.6 Å². The van der Waals surface area contributed by atoms with Gasteiger partial charge in [0.25, 0.3) is 0 Å². The molecule has 0 aromatic heterocycles. The number of ether oxygens (including phenoxy) is 1. The van der Waals surface area contributed by atoms with Crippen molar-refractivity contribution in [1.82, 2.24) is 0 Å². The lowest BCUT2D eigenvalue weighted by molar-refractivity contribution is -0.131. The summed E-state index contributed by atoms with van der Waals surface area (Å²) >= 11 is 3.44. The number of carboxylic acids is 1. The zero-order valence-corrected chi connectivity index (χ0v) is 11.4. The summed E-state index contributed by atoms with van der Waals surface area (Å²) in [6.45, 7) is 3.05. The number of benzene rings is 1. The molecular weight excluding hydrogens is 298 g/mol. The summed E-state index contributed by atoms with van der Waals surface area (Å²) < 4.78 is 6.31. The molecule has 1 aliphatic rings. The van der Waals surface area contributed by atoms with Gasteiger partial charge in [-0.2, -0.15) is 0 Å². The van der Waals surface area contributed by atoms with Crippen molar-refractivity contribution in [3.05, 3.63) is 34.3 Å². The minimum Gasteiger partial charge on any atom is -0.478 e. The van der Waals surface area contributed by atoms with Crippen LogP contribution in [0, 0.1) is 0 Å². The Hall–Kier alpha value is -1.33. The van der Waals surface area contributed by atoms with E-state index >= 15 is 0 Å². The largest absolute Gasteiger partial charge is 0.478 e. The number of nitrogens with zero attached hydrogens (tertiary/aromatic N) is 1. The van der Waals surface area contributed by atoms with E-state index in [-0.39, 0.29) is 0 Å². The Morgan fingerprint density at radius 2 is 2.11 bits per heavy atom. The van der Waals surface area contributed by atoms with Gasteiger partial charge >= 0.3 is 5.97 Å². The highest BCUT2D eigenvalue weighted by atomic mass is 79.9. The van der Waals surface area contributed by atoms with E-state index in [1.165, 1.54) is 0 Å². The predicted octanol–water partition coefficient (Wildman–Crippen LogP) is 2.38. The third-order valence-corrected chi connectivity index (χ3v) is 3.24. The molecule has 0 saturated carbocycles. The average molecular weight is 312 g/mol. The van der Waals surface area contributed by atoms with Gasteiger partial charge in [0.2, 0.25) is 0 Å². The minimum atomic E-state index is -0.939. The summed E-state index contributed by atoms with van der Waals surface area (Å²) in [5, 5.41) is 8.70. The second-order valence-electron chi connectivity index (χ2n) is 3.97. The monoisotopic (exact) mass is 311 g/mol. The average Bonchev–Trinajstić information content (AvgIpc) is 2.38. The third kappa shape index (κ3) is 3.34. The molecule has 1 aromatic rings.